The first-order valence-corrected chi connectivity index (χ1v) is 15.1. The van der Waals surface area contributed by atoms with Gasteiger partial charge in [0, 0.05) is 51.8 Å². The molecule has 0 amide bonds. The van der Waals surface area contributed by atoms with Gasteiger partial charge in [-0.15, -0.1) is 0 Å². The van der Waals surface area contributed by atoms with E-state index in [9.17, 15) is 9.59 Å². The van der Waals surface area contributed by atoms with Gasteiger partial charge in [0.2, 0.25) is 0 Å². The highest BCUT2D eigenvalue weighted by molar-refractivity contribution is 6.61. The van der Waals surface area contributed by atoms with Crippen molar-refractivity contribution in [3.63, 3.8) is 0 Å². The molecule has 0 saturated heterocycles. The maximum absolute atomic E-state index is 11.0. The van der Waals surface area contributed by atoms with Crippen LogP contribution in [0.2, 0.25) is 6.04 Å². The molecule has 12 heteroatoms. The molecular formula is C21H42O10Si2. The van der Waals surface area contributed by atoms with Crippen LogP contribution in [0.3, 0.4) is 0 Å². The molecule has 0 aromatic rings. The fourth-order valence-corrected chi connectivity index (χ4v) is 6.96. The first-order chi connectivity index (χ1) is 15.8. The average molecular weight is 511 g/mol. The fourth-order valence-electron chi connectivity index (χ4n) is 2.46. The predicted molar refractivity (Wildman–Crippen MR) is 128 cm³/mol. The highest BCUT2D eigenvalue weighted by atomic mass is 28.4. The minimum absolute atomic E-state index is 0.0212. The van der Waals surface area contributed by atoms with E-state index in [0.29, 0.717) is 45.7 Å². The number of esters is 2. The second-order valence-electron chi connectivity index (χ2n) is 5.90. The van der Waals surface area contributed by atoms with E-state index in [2.05, 4.69) is 13.2 Å². The molecule has 0 saturated carbocycles. The molecule has 0 aromatic heterocycles. The van der Waals surface area contributed by atoms with E-state index in [1.165, 1.54) is 0 Å². The van der Waals surface area contributed by atoms with Gasteiger partial charge < -0.3 is 36.0 Å². The molecule has 0 rings (SSSR count). The summed E-state index contributed by atoms with van der Waals surface area (Å²) in [7, 11) is -5.55. The zero-order valence-electron chi connectivity index (χ0n) is 21.0. The molecule has 10 nitrogen and oxygen atoms in total. The Balaban J connectivity index is 0. The zero-order chi connectivity index (χ0) is 25.6. The quantitative estimate of drug-likeness (QED) is 0.146. The van der Waals surface area contributed by atoms with Gasteiger partial charge in [0.25, 0.3) is 0 Å². The van der Waals surface area contributed by atoms with E-state index in [1.54, 1.807) is 0 Å². The van der Waals surface area contributed by atoms with E-state index in [-0.39, 0.29) is 12.8 Å². The van der Waals surface area contributed by atoms with Crippen molar-refractivity contribution < 1.29 is 45.6 Å². The molecule has 0 aromatic carbocycles. The number of hydrogen-bond donors (Lipinski definition) is 0. The normalized spacial score (nSPS) is 11.2. The zero-order valence-corrected chi connectivity index (χ0v) is 23.0. The monoisotopic (exact) mass is 510 g/mol. The Morgan fingerprint density at radius 3 is 1.27 bits per heavy atom. The summed E-state index contributed by atoms with van der Waals surface area (Å²) in [5.41, 5.74) is 0. The van der Waals surface area contributed by atoms with Crippen LogP contribution >= 0.6 is 0 Å². The summed E-state index contributed by atoms with van der Waals surface area (Å²) in [6, 6.07) is 0.460. The van der Waals surface area contributed by atoms with Crippen LogP contribution < -0.4 is 0 Å². The molecule has 0 heterocycles. The maximum Gasteiger partial charge on any atom is 0.540 e. The third-order valence-electron chi connectivity index (χ3n) is 3.56. The van der Waals surface area contributed by atoms with Crippen molar-refractivity contribution in [2.24, 2.45) is 0 Å². The smallest absolute Gasteiger partial charge is 0.463 e. The molecule has 0 spiro atoms. The summed E-state index contributed by atoms with van der Waals surface area (Å²) in [6.07, 6.45) is 2.25. The lowest BCUT2D eigenvalue weighted by molar-refractivity contribution is -0.138. The van der Waals surface area contributed by atoms with Gasteiger partial charge >= 0.3 is 29.5 Å². The second-order valence-corrected chi connectivity index (χ2v) is 11.2. The lowest BCUT2D eigenvalue weighted by Crippen LogP contribution is -2.51. The Kier molecular flexibility index (Phi) is 21.7. The van der Waals surface area contributed by atoms with E-state index in [4.69, 9.17) is 36.0 Å². The third kappa shape index (κ3) is 16.0. The van der Waals surface area contributed by atoms with Gasteiger partial charge in [0.05, 0.1) is 12.7 Å². The summed E-state index contributed by atoms with van der Waals surface area (Å²) in [6.45, 7) is 21.0. The van der Waals surface area contributed by atoms with Crippen LogP contribution in [0.15, 0.2) is 25.3 Å². The summed E-state index contributed by atoms with van der Waals surface area (Å²) < 4.78 is 43.1. The van der Waals surface area contributed by atoms with Crippen LogP contribution in [-0.4, -0.2) is 82.0 Å². The summed E-state index contributed by atoms with van der Waals surface area (Å²) >= 11 is 0. The number of ether oxygens (including phenoxy) is 2. The van der Waals surface area contributed by atoms with Gasteiger partial charge in [0.15, 0.2) is 6.23 Å². The molecule has 33 heavy (non-hydrogen) atoms. The van der Waals surface area contributed by atoms with E-state index in [0.717, 1.165) is 12.2 Å². The number of carbonyl (C=O) groups is 2. The van der Waals surface area contributed by atoms with Gasteiger partial charge in [-0.3, -0.25) is 0 Å². The van der Waals surface area contributed by atoms with Gasteiger partial charge in [-0.05, 0) is 41.5 Å². The van der Waals surface area contributed by atoms with Gasteiger partial charge in [-0.1, -0.05) is 13.2 Å². The van der Waals surface area contributed by atoms with E-state index < -0.39 is 29.5 Å². The van der Waals surface area contributed by atoms with Gasteiger partial charge in [-0.2, -0.15) is 0 Å². The summed E-state index contributed by atoms with van der Waals surface area (Å²) in [5, 5.41) is 0. The number of rotatable bonds is 19. The van der Waals surface area contributed by atoms with Crippen molar-refractivity contribution in [2.45, 2.75) is 47.6 Å². The van der Waals surface area contributed by atoms with Gasteiger partial charge in [0.1, 0.15) is 0 Å². The minimum Gasteiger partial charge on any atom is -0.463 e. The SMILES string of the molecule is C=CC(=O)OCC[Si](OCC)(OCC)OCC.C=CC(=O)OC[Si](OCC)(OCC)OCC. The van der Waals surface area contributed by atoms with E-state index >= 15 is 0 Å². The van der Waals surface area contributed by atoms with Crippen LogP contribution in [0.4, 0.5) is 0 Å². The summed E-state index contributed by atoms with van der Waals surface area (Å²) in [4.78, 5) is 21.9. The standard InChI is InChI=1S/C11H22O5Si.C10H20O5Si/c1-5-11(12)13-9-10-17(14-6-2,15-7-3)16-8-4;1-5-10(11)12-9-16(13-6-2,14-7-3)15-8-4/h5H,1,6-10H2,2-4H3;5H,1,6-9H2,2-4H3. The lowest BCUT2D eigenvalue weighted by Gasteiger charge is -2.28. The van der Waals surface area contributed by atoms with Crippen molar-refractivity contribution in [2.75, 3.05) is 52.5 Å². The largest absolute Gasteiger partial charge is 0.540 e. The maximum atomic E-state index is 11.0. The lowest BCUT2D eigenvalue weighted by atomic mass is 10.6. The van der Waals surface area contributed by atoms with Crippen LogP contribution in [-0.2, 0) is 45.6 Å². The Bertz CT molecular complexity index is 511. The minimum atomic E-state index is -2.87. The van der Waals surface area contributed by atoms with Crippen molar-refractivity contribution >= 4 is 29.5 Å². The number of hydrogen-bond acceptors (Lipinski definition) is 10. The van der Waals surface area contributed by atoms with Crippen LogP contribution in [0, 0.1) is 0 Å². The van der Waals surface area contributed by atoms with E-state index in [1.807, 2.05) is 41.5 Å². The fraction of sp³-hybridized carbons (Fsp3) is 0.714. The molecule has 0 aliphatic carbocycles. The predicted octanol–water partition coefficient (Wildman–Crippen LogP) is 3.07. The molecule has 194 valence electrons. The molecule has 0 aliphatic heterocycles. The molecule has 0 N–H and O–H groups in total. The van der Waals surface area contributed by atoms with Crippen molar-refractivity contribution in [3.8, 4) is 0 Å². The van der Waals surface area contributed by atoms with Crippen molar-refractivity contribution in [1.29, 1.82) is 0 Å². The Labute approximate surface area is 200 Å². The Morgan fingerprint density at radius 1 is 0.606 bits per heavy atom. The third-order valence-corrected chi connectivity index (χ3v) is 9.25. The second kappa shape index (κ2) is 21.2. The van der Waals surface area contributed by atoms with Gasteiger partial charge in [-0.25, -0.2) is 9.59 Å². The highest BCUT2D eigenvalue weighted by Gasteiger charge is 2.42. The molecule has 0 radical (unpaired) electrons. The Morgan fingerprint density at radius 2 is 0.939 bits per heavy atom. The Hall–Kier alpha value is -1.39. The number of carbonyl (C=O) groups excluding carboxylic acids is 2. The first kappa shape index (κ1) is 33.8. The van der Waals surface area contributed by atoms with Crippen molar-refractivity contribution in [3.05, 3.63) is 25.3 Å². The highest BCUT2D eigenvalue weighted by Crippen LogP contribution is 2.16. The van der Waals surface area contributed by atoms with Crippen molar-refractivity contribution in [1.82, 2.24) is 0 Å². The van der Waals surface area contributed by atoms with Crippen LogP contribution in [0.1, 0.15) is 41.5 Å². The molecule has 0 bridgehead atoms. The molecule has 0 fully saturated rings. The molecule has 0 aliphatic rings. The molecule has 0 unspecified atom stereocenters. The topological polar surface area (TPSA) is 108 Å². The molecular weight excluding hydrogens is 468 g/mol. The average Bonchev–Trinajstić information content (AvgIpc) is 2.79. The van der Waals surface area contributed by atoms with Crippen LogP contribution in [0.25, 0.3) is 0 Å². The molecule has 0 atom stereocenters. The first-order valence-electron chi connectivity index (χ1n) is 11.2. The summed E-state index contributed by atoms with van der Waals surface area (Å²) in [5.74, 6) is -0.951. The van der Waals surface area contributed by atoms with Crippen LogP contribution in [0.5, 0.6) is 0 Å².